The van der Waals surface area contributed by atoms with Crippen LogP contribution >= 0.6 is 22.9 Å². The van der Waals surface area contributed by atoms with Crippen LogP contribution in [0.25, 0.3) is 15.9 Å². The van der Waals surface area contributed by atoms with Gasteiger partial charge in [0.15, 0.2) is 6.10 Å². The normalized spacial score (nSPS) is 12.8. The molecule has 0 bridgehead atoms. The van der Waals surface area contributed by atoms with Gasteiger partial charge >= 0.3 is 17.0 Å². The third kappa shape index (κ3) is 4.40. The molecule has 0 aliphatic rings. The maximum absolute atomic E-state index is 12.9. The van der Waals surface area contributed by atoms with Gasteiger partial charge in [0.2, 0.25) is 0 Å². The highest BCUT2D eigenvalue weighted by Gasteiger charge is 2.31. The second-order valence-electron chi connectivity index (χ2n) is 6.01. The lowest BCUT2D eigenvalue weighted by Gasteiger charge is -2.14. The molecule has 0 saturated carbocycles. The number of aromatic nitrogens is 1. The van der Waals surface area contributed by atoms with Gasteiger partial charge in [0.25, 0.3) is 0 Å². The molecule has 0 amide bonds. The van der Waals surface area contributed by atoms with Crippen LogP contribution in [-0.4, -0.2) is 23.2 Å². The van der Waals surface area contributed by atoms with Gasteiger partial charge in [-0.05, 0) is 44.2 Å². The van der Waals surface area contributed by atoms with E-state index in [9.17, 15) is 22.8 Å². The second-order valence-corrected chi connectivity index (χ2v) is 7.41. The van der Waals surface area contributed by atoms with E-state index in [4.69, 9.17) is 21.1 Å². The molecule has 0 N–H and O–H groups in total. The summed E-state index contributed by atoms with van der Waals surface area (Å²) in [4.78, 5) is 23.8. The standard InChI is InChI=1S/C19H15ClF3NO4S/c1-3-27-17(25)10(2)28-12-5-7-16-15(9-12)24(18(26)29-16)14-6-4-11(8-13(14)20)19(21,22)23/h4-10H,3H2,1-2H3. The van der Waals surface area contributed by atoms with Crippen LogP contribution in [0.2, 0.25) is 5.02 Å². The summed E-state index contributed by atoms with van der Waals surface area (Å²) < 4.78 is 50.9. The average Bonchev–Trinajstić information content (AvgIpc) is 2.96. The van der Waals surface area contributed by atoms with Crippen molar-refractivity contribution in [3.8, 4) is 11.4 Å². The highest BCUT2D eigenvalue weighted by atomic mass is 35.5. The quantitative estimate of drug-likeness (QED) is 0.515. The zero-order valence-electron chi connectivity index (χ0n) is 15.2. The van der Waals surface area contributed by atoms with Gasteiger partial charge in [-0.3, -0.25) is 9.36 Å². The molecule has 5 nitrogen and oxygen atoms in total. The molecule has 0 aliphatic carbocycles. The van der Waals surface area contributed by atoms with Crippen molar-refractivity contribution < 1.29 is 27.4 Å². The average molecular weight is 446 g/mol. The molecule has 0 aliphatic heterocycles. The van der Waals surface area contributed by atoms with Crippen LogP contribution in [0.1, 0.15) is 19.4 Å². The van der Waals surface area contributed by atoms with E-state index in [2.05, 4.69) is 0 Å². The third-order valence-corrected chi connectivity index (χ3v) is 5.22. The Bertz CT molecular complexity index is 1120. The molecule has 0 spiro atoms. The summed E-state index contributed by atoms with van der Waals surface area (Å²) in [5.74, 6) is -0.242. The molecular formula is C19H15ClF3NO4S. The highest BCUT2D eigenvalue weighted by Crippen LogP contribution is 2.34. The van der Waals surface area contributed by atoms with Gasteiger partial charge in [-0.25, -0.2) is 4.79 Å². The Hall–Kier alpha value is -2.52. The number of alkyl halides is 3. The van der Waals surface area contributed by atoms with E-state index in [1.54, 1.807) is 19.1 Å². The minimum atomic E-state index is -4.55. The lowest BCUT2D eigenvalue weighted by Crippen LogP contribution is -2.26. The SMILES string of the molecule is CCOC(=O)C(C)Oc1ccc2sc(=O)n(-c3ccc(C(F)(F)F)cc3Cl)c2c1. The molecular weight excluding hydrogens is 431 g/mol. The van der Waals surface area contributed by atoms with Crippen molar-refractivity contribution in [3.63, 3.8) is 0 Å². The van der Waals surface area contributed by atoms with E-state index in [-0.39, 0.29) is 17.3 Å². The fourth-order valence-corrected chi connectivity index (χ4v) is 3.81. The van der Waals surface area contributed by atoms with Crippen molar-refractivity contribution in [2.24, 2.45) is 0 Å². The fourth-order valence-electron chi connectivity index (χ4n) is 2.67. The number of thiazole rings is 1. The van der Waals surface area contributed by atoms with Crippen molar-refractivity contribution >= 4 is 39.1 Å². The number of hydrogen-bond acceptors (Lipinski definition) is 5. The second kappa shape index (κ2) is 8.08. The number of fused-ring (bicyclic) bond motifs is 1. The maximum Gasteiger partial charge on any atom is 0.416 e. The largest absolute Gasteiger partial charge is 0.479 e. The summed E-state index contributed by atoms with van der Waals surface area (Å²) in [7, 11) is 0. The van der Waals surface area contributed by atoms with Crippen molar-refractivity contribution in [3.05, 3.63) is 56.7 Å². The molecule has 0 radical (unpaired) electrons. The summed E-state index contributed by atoms with van der Waals surface area (Å²) in [6, 6.07) is 7.52. The topological polar surface area (TPSA) is 57.5 Å². The molecule has 0 fully saturated rings. The zero-order chi connectivity index (χ0) is 21.3. The lowest BCUT2D eigenvalue weighted by atomic mass is 10.2. The molecule has 1 heterocycles. The number of benzene rings is 2. The molecule has 1 aromatic heterocycles. The number of ether oxygens (including phenoxy) is 2. The number of nitrogens with zero attached hydrogens (tertiary/aromatic N) is 1. The van der Waals surface area contributed by atoms with E-state index < -0.39 is 28.7 Å². The van der Waals surface area contributed by atoms with E-state index in [1.165, 1.54) is 17.6 Å². The lowest BCUT2D eigenvalue weighted by molar-refractivity contribution is -0.150. The Labute approximate surface area is 172 Å². The number of rotatable bonds is 5. The predicted octanol–water partition coefficient (Wildman–Crippen LogP) is 5.05. The van der Waals surface area contributed by atoms with Crippen molar-refractivity contribution in [2.75, 3.05) is 6.61 Å². The Kier molecular flexibility index (Phi) is 5.90. The van der Waals surface area contributed by atoms with Crippen LogP contribution in [0, 0.1) is 0 Å². The number of halogens is 4. The van der Waals surface area contributed by atoms with Crippen LogP contribution < -0.4 is 9.61 Å². The summed E-state index contributed by atoms with van der Waals surface area (Å²) in [6.07, 6.45) is -5.42. The number of carbonyl (C=O) groups is 1. The number of carbonyl (C=O) groups excluding carboxylic acids is 1. The van der Waals surface area contributed by atoms with Gasteiger partial charge in [-0.2, -0.15) is 13.2 Å². The summed E-state index contributed by atoms with van der Waals surface area (Å²) >= 11 is 6.97. The first-order valence-electron chi connectivity index (χ1n) is 8.48. The van der Waals surface area contributed by atoms with Gasteiger partial charge in [0.05, 0.1) is 33.1 Å². The predicted molar refractivity (Wildman–Crippen MR) is 104 cm³/mol. The Balaban J connectivity index is 2.04. The number of esters is 1. The minimum absolute atomic E-state index is 0.117. The summed E-state index contributed by atoms with van der Waals surface area (Å²) in [6.45, 7) is 3.41. The molecule has 154 valence electrons. The molecule has 0 saturated heterocycles. The monoisotopic (exact) mass is 445 g/mol. The van der Waals surface area contributed by atoms with E-state index in [1.807, 2.05) is 0 Å². The first kappa shape index (κ1) is 21.2. The third-order valence-electron chi connectivity index (χ3n) is 4.00. The van der Waals surface area contributed by atoms with E-state index in [0.717, 1.165) is 29.5 Å². The molecule has 1 unspecified atom stereocenters. The fraction of sp³-hybridized carbons (Fsp3) is 0.263. The van der Waals surface area contributed by atoms with Crippen molar-refractivity contribution in [2.45, 2.75) is 26.1 Å². The zero-order valence-corrected chi connectivity index (χ0v) is 16.8. The first-order valence-corrected chi connectivity index (χ1v) is 9.67. The molecule has 3 aromatic rings. The van der Waals surface area contributed by atoms with Crippen molar-refractivity contribution in [1.82, 2.24) is 4.57 Å². The molecule has 10 heteroatoms. The van der Waals surface area contributed by atoms with Gasteiger partial charge in [0, 0.05) is 6.07 Å². The summed E-state index contributed by atoms with van der Waals surface area (Å²) in [5.41, 5.74) is -0.396. The molecule has 3 rings (SSSR count). The molecule has 2 aromatic carbocycles. The van der Waals surface area contributed by atoms with Crippen LogP contribution in [0.4, 0.5) is 13.2 Å². The Morgan fingerprint density at radius 1 is 1.24 bits per heavy atom. The van der Waals surface area contributed by atoms with Gasteiger partial charge < -0.3 is 9.47 Å². The van der Waals surface area contributed by atoms with Gasteiger partial charge in [0.1, 0.15) is 5.75 Å². The highest BCUT2D eigenvalue weighted by molar-refractivity contribution is 7.16. The Morgan fingerprint density at radius 3 is 2.59 bits per heavy atom. The van der Waals surface area contributed by atoms with Crippen LogP contribution in [0.5, 0.6) is 5.75 Å². The summed E-state index contributed by atoms with van der Waals surface area (Å²) in [5, 5.41) is -0.215. The van der Waals surface area contributed by atoms with Gasteiger partial charge in [-0.1, -0.05) is 22.9 Å². The smallest absolute Gasteiger partial charge is 0.416 e. The van der Waals surface area contributed by atoms with Gasteiger partial charge in [-0.15, -0.1) is 0 Å². The van der Waals surface area contributed by atoms with Crippen molar-refractivity contribution in [1.29, 1.82) is 0 Å². The number of hydrogen-bond donors (Lipinski definition) is 0. The van der Waals surface area contributed by atoms with Crippen LogP contribution in [-0.2, 0) is 15.7 Å². The maximum atomic E-state index is 12.9. The first-order chi connectivity index (χ1) is 13.6. The van der Waals surface area contributed by atoms with E-state index in [0.29, 0.717) is 16.0 Å². The van der Waals surface area contributed by atoms with E-state index >= 15 is 0 Å². The minimum Gasteiger partial charge on any atom is -0.479 e. The molecule has 1 atom stereocenters. The Morgan fingerprint density at radius 2 is 1.97 bits per heavy atom. The van der Waals surface area contributed by atoms with Crippen LogP contribution in [0.3, 0.4) is 0 Å². The van der Waals surface area contributed by atoms with Crippen LogP contribution in [0.15, 0.2) is 41.2 Å². The molecule has 29 heavy (non-hydrogen) atoms.